The van der Waals surface area contributed by atoms with Crippen molar-refractivity contribution in [3.63, 3.8) is 0 Å². The molecule has 0 spiro atoms. The predicted molar refractivity (Wildman–Crippen MR) is 130 cm³/mol. The molecule has 31 heavy (non-hydrogen) atoms. The van der Waals surface area contributed by atoms with E-state index in [9.17, 15) is 0 Å². The van der Waals surface area contributed by atoms with Crippen molar-refractivity contribution in [2.45, 2.75) is 63.4 Å². The van der Waals surface area contributed by atoms with Crippen molar-refractivity contribution >= 4 is 29.7 Å². The average Bonchev–Trinajstić information content (AvgIpc) is 3.38. The van der Waals surface area contributed by atoms with Crippen LogP contribution < -0.4 is 0 Å². The molecule has 0 radical (unpaired) electrons. The maximum atomic E-state index is 6.15. The molecule has 0 N–H and O–H groups in total. The van der Waals surface area contributed by atoms with Crippen LogP contribution in [0.5, 0.6) is 0 Å². The third-order valence-electron chi connectivity index (χ3n) is 6.16. The van der Waals surface area contributed by atoms with Crippen molar-refractivity contribution < 1.29 is 9.47 Å². The Morgan fingerprint density at radius 1 is 1.10 bits per heavy atom. The lowest BCUT2D eigenvalue weighted by Crippen LogP contribution is -2.26. The minimum absolute atomic E-state index is 0.0519. The van der Waals surface area contributed by atoms with Gasteiger partial charge < -0.3 is 9.47 Å². The molecule has 1 aliphatic carbocycles. The molecule has 1 aliphatic rings. The second-order valence-corrected chi connectivity index (χ2v) is 16.8. The monoisotopic (exact) mass is 501 g/mol. The van der Waals surface area contributed by atoms with Crippen molar-refractivity contribution in [3.8, 4) is 0 Å². The molecular weight excluding hydrogens is 470 g/mol. The van der Waals surface area contributed by atoms with Gasteiger partial charge >= 0.3 is 0 Å². The van der Waals surface area contributed by atoms with Gasteiger partial charge in [0.25, 0.3) is 0 Å². The van der Waals surface area contributed by atoms with Crippen LogP contribution >= 0.6 is 15.9 Å². The van der Waals surface area contributed by atoms with Gasteiger partial charge in [0.1, 0.15) is 12.6 Å². The Balaban J connectivity index is 1.55. The Labute approximate surface area is 194 Å². The molecule has 3 aromatic rings. The summed E-state index contributed by atoms with van der Waals surface area (Å²) in [6.45, 7) is 12.2. The number of ether oxygens (including phenoxy) is 2. The molecule has 2 aromatic heterocycles. The molecule has 0 bridgehead atoms. The second kappa shape index (κ2) is 8.43. The van der Waals surface area contributed by atoms with E-state index in [1.54, 1.807) is 0 Å². The van der Waals surface area contributed by atoms with Crippen molar-refractivity contribution in [1.82, 2.24) is 14.6 Å². The molecule has 7 heteroatoms. The first-order valence-electron chi connectivity index (χ1n) is 10.9. The summed E-state index contributed by atoms with van der Waals surface area (Å²) in [5.41, 5.74) is 2.59. The number of fused-ring (bicyclic) bond motifs is 1. The third kappa shape index (κ3) is 4.79. The smallest absolute Gasteiger partial charge is 0.166 e. The highest BCUT2D eigenvalue weighted by atomic mass is 79.9. The van der Waals surface area contributed by atoms with Gasteiger partial charge in [-0.25, -0.2) is 0 Å². The van der Waals surface area contributed by atoms with E-state index in [1.165, 1.54) is 5.56 Å². The number of nitrogens with zero attached hydrogens (tertiary/aromatic N) is 3. The van der Waals surface area contributed by atoms with E-state index in [2.05, 4.69) is 107 Å². The largest absolute Gasteiger partial charge is 0.356 e. The quantitative estimate of drug-likeness (QED) is 0.201. The summed E-state index contributed by atoms with van der Waals surface area (Å²) in [4.78, 5) is 0. The van der Waals surface area contributed by atoms with Gasteiger partial charge in [-0.15, -0.1) is 10.2 Å². The maximum Gasteiger partial charge on any atom is 0.166 e. The van der Waals surface area contributed by atoms with E-state index in [4.69, 9.17) is 9.47 Å². The van der Waals surface area contributed by atoms with Gasteiger partial charge in [-0.05, 0) is 56.5 Å². The molecule has 0 amide bonds. The van der Waals surface area contributed by atoms with Gasteiger partial charge in [0.05, 0.1) is 11.0 Å². The van der Waals surface area contributed by atoms with Crippen molar-refractivity contribution in [2.24, 2.45) is 0 Å². The summed E-state index contributed by atoms with van der Waals surface area (Å²) in [7, 11) is -1.10. The summed E-state index contributed by atoms with van der Waals surface area (Å²) in [5, 5.41) is 9.26. The van der Waals surface area contributed by atoms with Gasteiger partial charge in [0, 0.05) is 30.9 Å². The molecular formula is C24H32BrN3O2Si. The number of hydrogen-bond acceptors (Lipinski definition) is 4. The van der Waals surface area contributed by atoms with Crippen molar-refractivity contribution in [2.75, 3.05) is 13.4 Å². The zero-order valence-corrected chi connectivity index (χ0v) is 21.7. The summed E-state index contributed by atoms with van der Waals surface area (Å²) < 4.78 is 15.2. The van der Waals surface area contributed by atoms with Crippen LogP contribution in [-0.2, 0) is 20.5 Å². The highest BCUT2D eigenvalue weighted by Crippen LogP contribution is 2.53. The van der Waals surface area contributed by atoms with Crippen LogP contribution in [0.4, 0.5) is 0 Å². The Bertz CT molecular complexity index is 1050. The van der Waals surface area contributed by atoms with Gasteiger partial charge in [-0.1, -0.05) is 53.8 Å². The molecule has 0 saturated heterocycles. The molecule has 1 aromatic carbocycles. The minimum Gasteiger partial charge on any atom is -0.356 e. The SMILES string of the molecule is CC(C)(OCOCC[Si](C)(C)C)c1cccn2c(C3(c4ccc(Br)cc4)CC3)nnc12. The first-order chi connectivity index (χ1) is 14.6. The lowest BCUT2D eigenvalue weighted by molar-refractivity contribution is -0.128. The summed E-state index contributed by atoms with van der Waals surface area (Å²) in [6.07, 6.45) is 4.24. The number of halogens is 1. The Hall–Kier alpha value is -1.54. The molecule has 5 nitrogen and oxygen atoms in total. The Morgan fingerprint density at radius 3 is 2.45 bits per heavy atom. The molecule has 0 unspecified atom stereocenters. The minimum atomic E-state index is -1.10. The van der Waals surface area contributed by atoms with E-state index < -0.39 is 13.7 Å². The van der Waals surface area contributed by atoms with Crippen LogP contribution in [0.3, 0.4) is 0 Å². The third-order valence-corrected chi connectivity index (χ3v) is 8.39. The number of benzene rings is 1. The van der Waals surface area contributed by atoms with E-state index in [-0.39, 0.29) is 12.2 Å². The van der Waals surface area contributed by atoms with Crippen molar-refractivity contribution in [1.29, 1.82) is 0 Å². The van der Waals surface area contributed by atoms with E-state index in [0.717, 1.165) is 47.0 Å². The molecule has 2 heterocycles. The average molecular weight is 503 g/mol. The number of hydrogen-bond donors (Lipinski definition) is 0. The normalized spacial score (nSPS) is 16.1. The first-order valence-corrected chi connectivity index (χ1v) is 15.4. The number of pyridine rings is 1. The van der Waals surface area contributed by atoms with E-state index >= 15 is 0 Å². The standard InChI is InChI=1S/C24H32BrN3O2Si/c1-23(2,30-17-29-15-16-31(3,4)5)20-7-6-14-28-21(20)26-27-22(28)24(12-13-24)18-8-10-19(25)11-9-18/h6-11,14H,12-13,15-17H2,1-5H3. The van der Waals surface area contributed by atoms with Crippen molar-refractivity contribution in [3.05, 3.63) is 64.0 Å². The zero-order chi connectivity index (χ0) is 22.3. The maximum absolute atomic E-state index is 6.15. The molecule has 0 aliphatic heterocycles. The predicted octanol–water partition coefficient (Wildman–Crippen LogP) is 6.14. The molecule has 1 fully saturated rings. The fourth-order valence-electron chi connectivity index (χ4n) is 3.95. The zero-order valence-electron chi connectivity index (χ0n) is 19.1. The molecule has 166 valence electrons. The van der Waals surface area contributed by atoms with E-state index in [0.29, 0.717) is 0 Å². The Kier molecular flexibility index (Phi) is 6.16. The highest BCUT2D eigenvalue weighted by molar-refractivity contribution is 9.10. The van der Waals surface area contributed by atoms with Crippen LogP contribution in [0.15, 0.2) is 47.1 Å². The highest BCUT2D eigenvalue weighted by Gasteiger charge is 2.50. The van der Waals surface area contributed by atoms with Gasteiger partial charge in [-0.2, -0.15) is 0 Å². The van der Waals surface area contributed by atoms with E-state index in [1.807, 2.05) is 0 Å². The lowest BCUT2D eigenvalue weighted by atomic mass is 9.95. The van der Waals surface area contributed by atoms with Crippen LogP contribution in [0, 0.1) is 0 Å². The summed E-state index contributed by atoms with van der Waals surface area (Å²) in [5.74, 6) is 1.01. The molecule has 4 rings (SSSR count). The Morgan fingerprint density at radius 2 is 1.81 bits per heavy atom. The topological polar surface area (TPSA) is 48.7 Å². The lowest BCUT2D eigenvalue weighted by Gasteiger charge is -2.26. The summed E-state index contributed by atoms with van der Waals surface area (Å²) in [6, 6.07) is 13.9. The molecule has 1 saturated carbocycles. The first kappa shape index (κ1) is 22.6. The fourth-order valence-corrected chi connectivity index (χ4v) is 4.97. The van der Waals surface area contributed by atoms with Crippen LogP contribution in [0.1, 0.15) is 43.6 Å². The number of rotatable bonds is 9. The van der Waals surface area contributed by atoms with Crippen LogP contribution in [0.2, 0.25) is 25.7 Å². The van der Waals surface area contributed by atoms with Gasteiger partial charge in [0.2, 0.25) is 0 Å². The number of aromatic nitrogens is 3. The van der Waals surface area contributed by atoms with Gasteiger partial charge in [0.15, 0.2) is 5.65 Å². The summed E-state index contributed by atoms with van der Waals surface area (Å²) >= 11 is 3.54. The van der Waals surface area contributed by atoms with Gasteiger partial charge in [-0.3, -0.25) is 4.40 Å². The van der Waals surface area contributed by atoms with Crippen LogP contribution in [0.25, 0.3) is 5.65 Å². The molecule has 0 atom stereocenters. The second-order valence-electron chi connectivity index (χ2n) is 10.2. The fraction of sp³-hybridized carbons (Fsp3) is 0.500. The van der Waals surface area contributed by atoms with Crippen LogP contribution in [-0.4, -0.2) is 36.1 Å².